The Morgan fingerprint density at radius 1 is 1.40 bits per heavy atom. The Morgan fingerprint density at radius 2 is 2.00 bits per heavy atom. The van der Waals surface area contributed by atoms with Crippen molar-refractivity contribution >= 4 is 21.6 Å². The van der Waals surface area contributed by atoms with Crippen molar-refractivity contribution < 1.29 is 17.6 Å². The summed E-state index contributed by atoms with van der Waals surface area (Å²) in [7, 11) is -3.85. The van der Waals surface area contributed by atoms with E-state index in [4.69, 9.17) is 5.73 Å². The number of benzene rings is 1. The Hall–Kier alpha value is -1.51. The van der Waals surface area contributed by atoms with Crippen LogP contribution in [0.2, 0.25) is 0 Å². The third-order valence-corrected chi connectivity index (χ3v) is 4.18. The molecule has 6 nitrogen and oxygen atoms in total. The molecule has 0 aliphatic carbocycles. The van der Waals surface area contributed by atoms with Gasteiger partial charge in [-0.25, -0.2) is 17.5 Å². The molecule has 0 aliphatic rings. The van der Waals surface area contributed by atoms with Gasteiger partial charge < -0.3 is 11.1 Å². The van der Waals surface area contributed by atoms with Crippen LogP contribution in [0.5, 0.6) is 0 Å². The Balaban J connectivity index is 3.16. The number of carbonyl (C=O) groups excluding carboxylic acids is 1. The molecule has 4 N–H and O–H groups in total. The summed E-state index contributed by atoms with van der Waals surface area (Å²) in [5, 5.41) is 2.23. The monoisotopic (exact) mass is 303 g/mol. The summed E-state index contributed by atoms with van der Waals surface area (Å²) in [5.41, 5.74) is 4.45. The minimum atomic E-state index is -3.85. The van der Waals surface area contributed by atoms with Crippen molar-refractivity contribution in [2.45, 2.75) is 31.2 Å². The summed E-state index contributed by atoms with van der Waals surface area (Å²) in [5.74, 6) is -1.20. The second kappa shape index (κ2) is 5.86. The number of anilines is 1. The first-order chi connectivity index (χ1) is 9.07. The summed E-state index contributed by atoms with van der Waals surface area (Å²) in [4.78, 5) is 10.8. The molecule has 0 aromatic heterocycles. The quantitative estimate of drug-likeness (QED) is 0.749. The molecule has 1 amide bonds. The highest BCUT2D eigenvalue weighted by molar-refractivity contribution is 7.89. The van der Waals surface area contributed by atoms with Gasteiger partial charge in [-0.05, 0) is 32.0 Å². The molecule has 1 aromatic rings. The average molecular weight is 303 g/mol. The van der Waals surface area contributed by atoms with Gasteiger partial charge in [-0.3, -0.25) is 4.79 Å². The highest BCUT2D eigenvalue weighted by atomic mass is 32.2. The summed E-state index contributed by atoms with van der Waals surface area (Å²) in [6, 6.07) is 3.16. The van der Waals surface area contributed by atoms with E-state index in [-0.39, 0.29) is 17.1 Å². The second-order valence-electron chi connectivity index (χ2n) is 5.02. The molecule has 0 saturated carbocycles. The van der Waals surface area contributed by atoms with Gasteiger partial charge in [0.2, 0.25) is 15.9 Å². The zero-order chi connectivity index (χ0) is 15.6. The van der Waals surface area contributed by atoms with E-state index in [9.17, 15) is 17.6 Å². The van der Waals surface area contributed by atoms with Crippen LogP contribution in [0.3, 0.4) is 0 Å². The van der Waals surface area contributed by atoms with Crippen LogP contribution in [0.15, 0.2) is 23.1 Å². The van der Waals surface area contributed by atoms with Gasteiger partial charge in [-0.2, -0.15) is 0 Å². The Kier molecular flexibility index (Phi) is 4.85. The molecule has 112 valence electrons. The second-order valence-corrected chi connectivity index (χ2v) is 6.70. The number of hydrogen-bond acceptors (Lipinski definition) is 4. The highest BCUT2D eigenvalue weighted by Gasteiger charge is 2.25. The number of sulfonamides is 1. The number of halogens is 1. The summed E-state index contributed by atoms with van der Waals surface area (Å²) < 4.78 is 40.2. The van der Waals surface area contributed by atoms with Gasteiger partial charge in [0.25, 0.3) is 0 Å². The molecule has 0 saturated heterocycles. The highest BCUT2D eigenvalue weighted by Crippen LogP contribution is 2.20. The molecule has 0 radical (unpaired) electrons. The van der Waals surface area contributed by atoms with Crippen LogP contribution in [-0.2, 0) is 14.8 Å². The normalized spacial score (nSPS) is 12.2. The van der Waals surface area contributed by atoms with E-state index in [2.05, 4.69) is 10.0 Å². The van der Waals surface area contributed by atoms with Crippen LogP contribution < -0.4 is 15.8 Å². The zero-order valence-corrected chi connectivity index (χ0v) is 12.3. The fraction of sp³-hybridized carbons (Fsp3) is 0.417. The maximum Gasteiger partial charge on any atom is 0.241 e. The number of carbonyl (C=O) groups is 1. The van der Waals surface area contributed by atoms with Gasteiger partial charge in [0, 0.05) is 19.0 Å². The van der Waals surface area contributed by atoms with Crippen LogP contribution >= 0.6 is 0 Å². The standard InChI is InChI=1S/C12H18FN3O3S/c1-8(17)15-11-6-9(4-5-10(11)13)20(18,19)16-12(2,3)7-14/h4-6,16H,7,14H2,1-3H3,(H,15,17). The first-order valence-corrected chi connectivity index (χ1v) is 7.37. The number of amides is 1. The van der Waals surface area contributed by atoms with Gasteiger partial charge in [0.15, 0.2) is 0 Å². The van der Waals surface area contributed by atoms with E-state index < -0.39 is 27.3 Å². The first-order valence-electron chi connectivity index (χ1n) is 5.88. The molecule has 0 heterocycles. The summed E-state index contributed by atoms with van der Waals surface area (Å²) in [6.45, 7) is 4.56. The van der Waals surface area contributed by atoms with E-state index in [0.717, 1.165) is 18.2 Å². The Labute approximate surface area is 117 Å². The lowest BCUT2D eigenvalue weighted by Gasteiger charge is -2.24. The lowest BCUT2D eigenvalue weighted by Crippen LogP contribution is -2.48. The van der Waals surface area contributed by atoms with Crippen molar-refractivity contribution in [1.29, 1.82) is 0 Å². The molecule has 0 unspecified atom stereocenters. The van der Waals surface area contributed by atoms with E-state index in [1.165, 1.54) is 6.92 Å². The molecule has 0 bridgehead atoms. The van der Waals surface area contributed by atoms with Crippen LogP contribution in [0.25, 0.3) is 0 Å². The van der Waals surface area contributed by atoms with Gasteiger partial charge >= 0.3 is 0 Å². The number of nitrogens with one attached hydrogen (secondary N) is 2. The van der Waals surface area contributed by atoms with Gasteiger partial charge in [0.1, 0.15) is 5.82 Å². The molecule has 8 heteroatoms. The Morgan fingerprint density at radius 3 is 2.50 bits per heavy atom. The van der Waals surface area contributed by atoms with Crippen LogP contribution in [0.1, 0.15) is 20.8 Å². The molecule has 0 atom stereocenters. The van der Waals surface area contributed by atoms with Gasteiger partial charge in [-0.15, -0.1) is 0 Å². The Bertz CT molecular complexity index is 614. The largest absolute Gasteiger partial charge is 0.329 e. The lowest BCUT2D eigenvalue weighted by atomic mass is 10.1. The molecule has 20 heavy (non-hydrogen) atoms. The van der Waals surface area contributed by atoms with Gasteiger partial charge in [-0.1, -0.05) is 0 Å². The summed E-state index contributed by atoms with van der Waals surface area (Å²) in [6.07, 6.45) is 0. The summed E-state index contributed by atoms with van der Waals surface area (Å²) >= 11 is 0. The van der Waals surface area contributed by atoms with E-state index >= 15 is 0 Å². The van der Waals surface area contributed by atoms with Crippen molar-refractivity contribution in [3.63, 3.8) is 0 Å². The third-order valence-electron chi connectivity index (χ3n) is 2.48. The minimum Gasteiger partial charge on any atom is -0.329 e. The fourth-order valence-electron chi connectivity index (χ4n) is 1.42. The molecule has 0 spiro atoms. The number of rotatable bonds is 5. The molecule has 0 fully saturated rings. The lowest BCUT2D eigenvalue weighted by molar-refractivity contribution is -0.114. The topological polar surface area (TPSA) is 101 Å². The molecular formula is C12H18FN3O3S. The third kappa shape index (κ3) is 4.26. The first kappa shape index (κ1) is 16.5. The molecule has 0 aliphatic heterocycles. The fourth-order valence-corrected chi connectivity index (χ4v) is 2.87. The molecule has 1 rings (SSSR count). The number of hydrogen-bond donors (Lipinski definition) is 3. The van der Waals surface area contributed by atoms with Crippen molar-refractivity contribution in [2.75, 3.05) is 11.9 Å². The maximum atomic E-state index is 13.5. The average Bonchev–Trinajstić information content (AvgIpc) is 2.30. The van der Waals surface area contributed by atoms with E-state index in [1.54, 1.807) is 13.8 Å². The van der Waals surface area contributed by atoms with Crippen molar-refractivity contribution in [3.05, 3.63) is 24.0 Å². The van der Waals surface area contributed by atoms with Crippen LogP contribution in [-0.4, -0.2) is 26.4 Å². The van der Waals surface area contributed by atoms with Crippen molar-refractivity contribution in [1.82, 2.24) is 4.72 Å². The van der Waals surface area contributed by atoms with Crippen molar-refractivity contribution in [2.24, 2.45) is 5.73 Å². The molecular weight excluding hydrogens is 285 g/mol. The van der Waals surface area contributed by atoms with Crippen molar-refractivity contribution in [3.8, 4) is 0 Å². The van der Waals surface area contributed by atoms with Crippen LogP contribution in [0, 0.1) is 5.82 Å². The van der Waals surface area contributed by atoms with Gasteiger partial charge in [0.05, 0.1) is 10.6 Å². The number of nitrogens with two attached hydrogens (primary N) is 1. The SMILES string of the molecule is CC(=O)Nc1cc(S(=O)(=O)NC(C)(C)CN)ccc1F. The smallest absolute Gasteiger partial charge is 0.241 e. The predicted octanol–water partition coefficient (Wildman–Crippen LogP) is 0.800. The van der Waals surface area contributed by atoms with E-state index in [1.807, 2.05) is 0 Å². The maximum absolute atomic E-state index is 13.5. The molecule has 1 aromatic carbocycles. The predicted molar refractivity (Wildman–Crippen MR) is 74.2 cm³/mol. The van der Waals surface area contributed by atoms with E-state index in [0.29, 0.717) is 0 Å². The van der Waals surface area contributed by atoms with Crippen LogP contribution in [0.4, 0.5) is 10.1 Å². The zero-order valence-electron chi connectivity index (χ0n) is 11.5. The minimum absolute atomic E-state index is 0.103.